The fraction of sp³-hybridized carbons (Fsp3) is 1.00. The van der Waals surface area contributed by atoms with Crippen LogP contribution in [-0.4, -0.2) is 22.4 Å². The molecule has 1 aliphatic rings. The van der Waals surface area contributed by atoms with Crippen LogP contribution in [0.1, 0.15) is 33.1 Å². The second-order valence-electron chi connectivity index (χ2n) is 4.04. The third-order valence-electron chi connectivity index (χ3n) is 3.02. The molecule has 0 heterocycles. The highest BCUT2D eigenvalue weighted by Gasteiger charge is 2.37. The molecule has 2 N–H and O–H groups in total. The van der Waals surface area contributed by atoms with Crippen LogP contribution in [0.25, 0.3) is 0 Å². The molecule has 2 heteroatoms. The van der Waals surface area contributed by atoms with Gasteiger partial charge in [-0.1, -0.05) is 13.8 Å². The second kappa shape index (κ2) is 3.11. The first-order valence-corrected chi connectivity index (χ1v) is 4.42. The molecule has 1 fully saturated rings. The van der Waals surface area contributed by atoms with E-state index in [1.54, 1.807) is 0 Å². The first-order valence-electron chi connectivity index (χ1n) is 4.42. The molecular weight excluding hydrogens is 140 g/mol. The Bertz CT molecular complexity index is 136. The van der Waals surface area contributed by atoms with Crippen LogP contribution in [0, 0.1) is 11.8 Å². The highest BCUT2D eigenvalue weighted by atomic mass is 16.3. The van der Waals surface area contributed by atoms with Gasteiger partial charge in [-0.25, -0.2) is 0 Å². The lowest BCUT2D eigenvalue weighted by Gasteiger charge is -2.39. The molecule has 1 aliphatic carbocycles. The molecule has 0 spiro atoms. The molecular formula is C9H18O2. The summed E-state index contributed by atoms with van der Waals surface area (Å²) in [7, 11) is 0. The van der Waals surface area contributed by atoms with Gasteiger partial charge in [0.2, 0.25) is 0 Å². The predicted molar refractivity (Wildman–Crippen MR) is 44.2 cm³/mol. The quantitative estimate of drug-likeness (QED) is 0.601. The predicted octanol–water partition coefficient (Wildman–Crippen LogP) is 1.17. The lowest BCUT2D eigenvalue weighted by molar-refractivity contribution is -0.0884. The Morgan fingerprint density at radius 3 is 2.55 bits per heavy atom. The Hall–Kier alpha value is -0.0800. The van der Waals surface area contributed by atoms with Crippen molar-refractivity contribution < 1.29 is 10.2 Å². The normalized spacial score (nSPS) is 45.8. The topological polar surface area (TPSA) is 40.5 Å². The minimum atomic E-state index is -0.785. The molecule has 0 amide bonds. The van der Waals surface area contributed by atoms with Gasteiger partial charge in [-0.3, -0.25) is 0 Å². The molecule has 0 aromatic heterocycles. The van der Waals surface area contributed by atoms with E-state index in [1.165, 1.54) is 0 Å². The standard InChI is InChI=1S/C9H18O2/c1-7-3-4-9(11,6-10)8(2)5-7/h7-8,10-11H,3-6H2,1-2H3. The number of hydrogen-bond donors (Lipinski definition) is 2. The van der Waals surface area contributed by atoms with Crippen molar-refractivity contribution in [1.29, 1.82) is 0 Å². The van der Waals surface area contributed by atoms with E-state index in [-0.39, 0.29) is 12.5 Å². The van der Waals surface area contributed by atoms with Crippen LogP contribution in [0.15, 0.2) is 0 Å². The third kappa shape index (κ3) is 1.74. The summed E-state index contributed by atoms with van der Waals surface area (Å²) in [6.07, 6.45) is 2.84. The zero-order valence-electron chi connectivity index (χ0n) is 7.38. The van der Waals surface area contributed by atoms with Gasteiger partial charge in [-0.15, -0.1) is 0 Å². The van der Waals surface area contributed by atoms with Gasteiger partial charge in [-0.05, 0) is 31.1 Å². The van der Waals surface area contributed by atoms with Crippen molar-refractivity contribution in [2.24, 2.45) is 11.8 Å². The second-order valence-corrected chi connectivity index (χ2v) is 4.04. The highest BCUT2D eigenvalue weighted by molar-refractivity contribution is 4.88. The van der Waals surface area contributed by atoms with E-state index in [9.17, 15) is 5.11 Å². The molecule has 11 heavy (non-hydrogen) atoms. The molecule has 0 aromatic carbocycles. The van der Waals surface area contributed by atoms with Gasteiger partial charge in [0.15, 0.2) is 0 Å². The smallest absolute Gasteiger partial charge is 0.0902 e. The molecule has 0 saturated heterocycles. The van der Waals surface area contributed by atoms with E-state index in [0.717, 1.165) is 19.3 Å². The van der Waals surface area contributed by atoms with E-state index in [0.29, 0.717) is 5.92 Å². The molecule has 2 nitrogen and oxygen atoms in total. The van der Waals surface area contributed by atoms with Crippen LogP contribution in [0.5, 0.6) is 0 Å². The number of aliphatic hydroxyl groups excluding tert-OH is 1. The number of hydrogen-bond acceptors (Lipinski definition) is 2. The summed E-state index contributed by atoms with van der Waals surface area (Å²) in [6.45, 7) is 4.14. The Labute approximate surface area is 68.2 Å². The minimum Gasteiger partial charge on any atom is -0.393 e. The van der Waals surface area contributed by atoms with E-state index >= 15 is 0 Å². The zero-order valence-corrected chi connectivity index (χ0v) is 7.38. The molecule has 0 radical (unpaired) electrons. The van der Waals surface area contributed by atoms with Crippen LogP contribution < -0.4 is 0 Å². The van der Waals surface area contributed by atoms with Gasteiger partial charge < -0.3 is 10.2 Å². The van der Waals surface area contributed by atoms with E-state index < -0.39 is 5.60 Å². The fourth-order valence-corrected chi connectivity index (χ4v) is 1.92. The largest absolute Gasteiger partial charge is 0.393 e. The monoisotopic (exact) mass is 158 g/mol. The van der Waals surface area contributed by atoms with Crippen LogP contribution in [0.2, 0.25) is 0 Å². The number of rotatable bonds is 1. The molecule has 1 rings (SSSR count). The van der Waals surface area contributed by atoms with E-state index in [4.69, 9.17) is 5.11 Å². The maximum Gasteiger partial charge on any atom is 0.0902 e. The SMILES string of the molecule is CC1CCC(O)(CO)C(C)C1. The van der Waals surface area contributed by atoms with Crippen molar-refractivity contribution in [1.82, 2.24) is 0 Å². The maximum atomic E-state index is 9.82. The molecule has 1 saturated carbocycles. The van der Waals surface area contributed by atoms with Crippen molar-refractivity contribution in [3.05, 3.63) is 0 Å². The lowest BCUT2D eigenvalue weighted by Crippen LogP contribution is -2.44. The fourth-order valence-electron chi connectivity index (χ4n) is 1.92. The van der Waals surface area contributed by atoms with Crippen LogP contribution in [0.3, 0.4) is 0 Å². The van der Waals surface area contributed by atoms with Gasteiger partial charge >= 0.3 is 0 Å². The Balaban J connectivity index is 2.56. The van der Waals surface area contributed by atoms with Crippen LogP contribution in [0.4, 0.5) is 0 Å². The maximum absolute atomic E-state index is 9.82. The Morgan fingerprint density at radius 2 is 2.09 bits per heavy atom. The summed E-state index contributed by atoms with van der Waals surface area (Å²) in [5.74, 6) is 0.952. The third-order valence-corrected chi connectivity index (χ3v) is 3.02. The summed E-state index contributed by atoms with van der Waals surface area (Å²) in [5, 5.41) is 18.8. The molecule has 0 bridgehead atoms. The van der Waals surface area contributed by atoms with Gasteiger partial charge in [0, 0.05) is 0 Å². The summed E-state index contributed by atoms with van der Waals surface area (Å²) < 4.78 is 0. The van der Waals surface area contributed by atoms with Gasteiger partial charge in [0.05, 0.1) is 12.2 Å². The van der Waals surface area contributed by atoms with Crippen molar-refractivity contribution in [2.45, 2.75) is 38.7 Å². The van der Waals surface area contributed by atoms with Crippen molar-refractivity contribution >= 4 is 0 Å². The highest BCUT2D eigenvalue weighted by Crippen LogP contribution is 2.36. The van der Waals surface area contributed by atoms with E-state index in [2.05, 4.69) is 6.92 Å². The van der Waals surface area contributed by atoms with Crippen LogP contribution >= 0.6 is 0 Å². The summed E-state index contributed by atoms with van der Waals surface area (Å²) in [6, 6.07) is 0. The molecule has 3 atom stereocenters. The summed E-state index contributed by atoms with van der Waals surface area (Å²) >= 11 is 0. The van der Waals surface area contributed by atoms with Crippen molar-refractivity contribution in [3.8, 4) is 0 Å². The zero-order chi connectivity index (χ0) is 8.48. The van der Waals surface area contributed by atoms with Gasteiger partial charge in [0.25, 0.3) is 0 Å². The lowest BCUT2D eigenvalue weighted by atomic mass is 9.73. The van der Waals surface area contributed by atoms with Crippen molar-refractivity contribution in [3.63, 3.8) is 0 Å². The molecule has 0 aliphatic heterocycles. The number of aliphatic hydroxyl groups is 2. The first kappa shape index (κ1) is 9.01. The summed E-state index contributed by atoms with van der Waals surface area (Å²) in [5.41, 5.74) is -0.785. The summed E-state index contributed by atoms with van der Waals surface area (Å²) in [4.78, 5) is 0. The minimum absolute atomic E-state index is 0.0825. The first-order chi connectivity index (χ1) is 5.08. The molecule has 0 aromatic rings. The van der Waals surface area contributed by atoms with Crippen LogP contribution in [-0.2, 0) is 0 Å². The Kier molecular flexibility index (Phi) is 2.55. The van der Waals surface area contributed by atoms with Gasteiger partial charge in [-0.2, -0.15) is 0 Å². The Morgan fingerprint density at radius 1 is 1.45 bits per heavy atom. The molecule has 3 unspecified atom stereocenters. The van der Waals surface area contributed by atoms with Crippen molar-refractivity contribution in [2.75, 3.05) is 6.61 Å². The average molecular weight is 158 g/mol. The van der Waals surface area contributed by atoms with E-state index in [1.807, 2.05) is 6.92 Å². The molecule has 66 valence electrons. The van der Waals surface area contributed by atoms with Gasteiger partial charge in [0.1, 0.15) is 0 Å². The average Bonchev–Trinajstić information content (AvgIpc) is 1.98.